The van der Waals surface area contributed by atoms with Crippen LogP contribution in [0.4, 0.5) is 0 Å². The maximum absolute atomic E-state index is 13.0. The molecule has 28 heavy (non-hydrogen) atoms. The molecule has 152 valence electrons. The molecule has 1 unspecified atom stereocenters. The second kappa shape index (κ2) is 8.72. The molecule has 1 amide bonds. The van der Waals surface area contributed by atoms with Crippen LogP contribution >= 0.6 is 11.8 Å². The molecular formula is C21H30N4O2S. The SMILES string of the molecule is CC1CCN(C(=O)C(C)Sc2nnc(-c3ccco3)n2C2CCCCC2)CC1. The molecule has 3 heterocycles. The van der Waals surface area contributed by atoms with Gasteiger partial charge in [0, 0.05) is 19.1 Å². The van der Waals surface area contributed by atoms with Crippen LogP contribution in [0.25, 0.3) is 11.6 Å². The molecule has 2 aliphatic rings. The normalized spacial score (nSPS) is 20.4. The molecule has 1 aliphatic carbocycles. The van der Waals surface area contributed by atoms with E-state index in [1.54, 1.807) is 18.0 Å². The van der Waals surface area contributed by atoms with Gasteiger partial charge in [0.2, 0.25) is 11.7 Å². The van der Waals surface area contributed by atoms with Crippen molar-refractivity contribution in [2.24, 2.45) is 5.92 Å². The third kappa shape index (κ3) is 4.14. The monoisotopic (exact) mass is 402 g/mol. The molecule has 4 rings (SSSR count). The smallest absolute Gasteiger partial charge is 0.235 e. The van der Waals surface area contributed by atoms with Gasteiger partial charge in [0.1, 0.15) is 0 Å². The zero-order valence-corrected chi connectivity index (χ0v) is 17.7. The van der Waals surface area contributed by atoms with Crippen molar-refractivity contribution < 1.29 is 9.21 Å². The van der Waals surface area contributed by atoms with Gasteiger partial charge in [-0.25, -0.2) is 0 Å². The first kappa shape index (κ1) is 19.6. The summed E-state index contributed by atoms with van der Waals surface area (Å²) in [6, 6.07) is 4.19. The van der Waals surface area contributed by atoms with Crippen molar-refractivity contribution >= 4 is 17.7 Å². The van der Waals surface area contributed by atoms with Crippen molar-refractivity contribution in [1.29, 1.82) is 0 Å². The molecule has 0 spiro atoms. The predicted octanol–water partition coefficient (Wildman–Crippen LogP) is 4.78. The van der Waals surface area contributed by atoms with E-state index < -0.39 is 0 Å². The van der Waals surface area contributed by atoms with Crippen LogP contribution in [-0.4, -0.2) is 43.9 Å². The largest absolute Gasteiger partial charge is 0.461 e. The summed E-state index contributed by atoms with van der Waals surface area (Å²) < 4.78 is 7.84. The van der Waals surface area contributed by atoms with Gasteiger partial charge in [-0.3, -0.25) is 9.36 Å². The molecule has 1 atom stereocenters. The first-order valence-electron chi connectivity index (χ1n) is 10.6. The average Bonchev–Trinajstić information content (AvgIpc) is 3.38. The zero-order valence-electron chi connectivity index (χ0n) is 16.8. The van der Waals surface area contributed by atoms with E-state index in [-0.39, 0.29) is 11.2 Å². The van der Waals surface area contributed by atoms with E-state index in [9.17, 15) is 4.79 Å². The van der Waals surface area contributed by atoms with Gasteiger partial charge in [-0.05, 0) is 50.7 Å². The lowest BCUT2D eigenvalue weighted by atomic mass is 9.95. The highest BCUT2D eigenvalue weighted by atomic mass is 32.2. The second-order valence-electron chi connectivity index (χ2n) is 8.21. The van der Waals surface area contributed by atoms with Crippen molar-refractivity contribution in [3.8, 4) is 11.6 Å². The van der Waals surface area contributed by atoms with Gasteiger partial charge in [-0.2, -0.15) is 0 Å². The maximum atomic E-state index is 13.0. The van der Waals surface area contributed by atoms with Gasteiger partial charge >= 0.3 is 0 Å². The number of hydrogen-bond donors (Lipinski definition) is 0. The highest BCUT2D eigenvalue weighted by Gasteiger charge is 2.29. The summed E-state index contributed by atoms with van der Waals surface area (Å²) in [5, 5.41) is 9.59. The molecule has 2 fully saturated rings. The zero-order chi connectivity index (χ0) is 19.5. The number of likely N-dealkylation sites (tertiary alicyclic amines) is 1. The summed E-state index contributed by atoms with van der Waals surface area (Å²) in [6.07, 6.45) is 9.88. The summed E-state index contributed by atoms with van der Waals surface area (Å²) in [5.74, 6) is 2.46. The van der Waals surface area contributed by atoms with E-state index in [1.165, 1.54) is 19.3 Å². The number of hydrogen-bond acceptors (Lipinski definition) is 5. The molecule has 1 aliphatic heterocycles. The standard InChI is InChI=1S/C21H30N4O2S/c1-15-10-12-24(13-11-15)20(26)16(2)28-21-23-22-19(18-9-6-14-27-18)25(21)17-7-4-3-5-8-17/h6,9,14-17H,3-5,7-8,10-13H2,1-2H3. The fraction of sp³-hybridized carbons (Fsp3) is 0.667. The summed E-state index contributed by atoms with van der Waals surface area (Å²) in [5.41, 5.74) is 0. The summed E-state index contributed by atoms with van der Waals surface area (Å²) in [7, 11) is 0. The van der Waals surface area contributed by atoms with Crippen LogP contribution in [0.3, 0.4) is 0 Å². The first-order valence-corrected chi connectivity index (χ1v) is 11.5. The number of aromatic nitrogens is 3. The molecule has 6 nitrogen and oxygen atoms in total. The molecule has 2 aromatic rings. The topological polar surface area (TPSA) is 64.2 Å². The van der Waals surface area contributed by atoms with E-state index in [2.05, 4.69) is 21.7 Å². The molecule has 0 radical (unpaired) electrons. The van der Waals surface area contributed by atoms with E-state index in [4.69, 9.17) is 4.42 Å². The minimum absolute atomic E-state index is 0.163. The summed E-state index contributed by atoms with van der Waals surface area (Å²) in [6.45, 7) is 6.01. The Kier molecular flexibility index (Phi) is 6.09. The van der Waals surface area contributed by atoms with E-state index >= 15 is 0 Å². The molecule has 1 saturated heterocycles. The summed E-state index contributed by atoms with van der Waals surface area (Å²) >= 11 is 1.54. The van der Waals surface area contributed by atoms with Crippen LogP contribution in [-0.2, 0) is 4.79 Å². The average molecular weight is 403 g/mol. The Balaban J connectivity index is 1.54. The fourth-order valence-corrected chi connectivity index (χ4v) is 5.30. The minimum Gasteiger partial charge on any atom is -0.461 e. The fourth-order valence-electron chi connectivity index (χ4n) is 4.29. The number of furan rings is 1. The first-order chi connectivity index (χ1) is 13.6. The van der Waals surface area contributed by atoms with E-state index in [0.29, 0.717) is 6.04 Å². The van der Waals surface area contributed by atoms with Gasteiger partial charge in [0.15, 0.2) is 10.9 Å². The minimum atomic E-state index is -0.163. The van der Waals surface area contributed by atoms with Crippen LogP contribution in [0.2, 0.25) is 0 Å². The van der Waals surface area contributed by atoms with E-state index in [1.807, 2.05) is 24.0 Å². The van der Waals surface area contributed by atoms with Gasteiger partial charge in [0.25, 0.3) is 0 Å². The van der Waals surface area contributed by atoms with Gasteiger partial charge < -0.3 is 9.32 Å². The van der Waals surface area contributed by atoms with E-state index in [0.717, 1.165) is 61.4 Å². The highest BCUT2D eigenvalue weighted by Crippen LogP contribution is 2.37. The second-order valence-corrected chi connectivity index (χ2v) is 9.52. The Morgan fingerprint density at radius 1 is 1.18 bits per heavy atom. The molecule has 0 N–H and O–H groups in total. The van der Waals surface area contributed by atoms with Crippen LogP contribution in [0.5, 0.6) is 0 Å². The number of rotatable bonds is 5. The van der Waals surface area contributed by atoms with Crippen molar-refractivity contribution in [2.45, 2.75) is 75.2 Å². The molecule has 7 heteroatoms. The van der Waals surface area contributed by atoms with Crippen LogP contribution < -0.4 is 0 Å². The Hall–Kier alpha value is -1.76. The van der Waals surface area contributed by atoms with Crippen molar-refractivity contribution in [1.82, 2.24) is 19.7 Å². The number of thioether (sulfide) groups is 1. The van der Waals surface area contributed by atoms with Gasteiger partial charge in [0.05, 0.1) is 11.5 Å². The quantitative estimate of drug-likeness (QED) is 0.673. The van der Waals surface area contributed by atoms with Crippen molar-refractivity contribution in [3.05, 3.63) is 18.4 Å². The lowest BCUT2D eigenvalue weighted by Crippen LogP contribution is -2.41. The number of piperidine rings is 1. The number of carbonyl (C=O) groups is 1. The molecule has 1 saturated carbocycles. The molecule has 2 aromatic heterocycles. The lowest BCUT2D eigenvalue weighted by molar-refractivity contribution is -0.131. The highest BCUT2D eigenvalue weighted by molar-refractivity contribution is 8.00. The molecule has 0 bridgehead atoms. The Bertz CT molecular complexity index is 774. The van der Waals surface area contributed by atoms with Crippen LogP contribution in [0.15, 0.2) is 28.0 Å². The Morgan fingerprint density at radius 2 is 1.93 bits per heavy atom. The lowest BCUT2D eigenvalue weighted by Gasteiger charge is -2.32. The molecule has 0 aromatic carbocycles. The Labute approximate surface area is 171 Å². The van der Waals surface area contributed by atoms with Gasteiger partial charge in [-0.1, -0.05) is 37.9 Å². The predicted molar refractivity (Wildman–Crippen MR) is 110 cm³/mol. The maximum Gasteiger partial charge on any atom is 0.235 e. The van der Waals surface area contributed by atoms with Crippen LogP contribution in [0, 0.1) is 5.92 Å². The van der Waals surface area contributed by atoms with Gasteiger partial charge in [-0.15, -0.1) is 10.2 Å². The molecular weight excluding hydrogens is 372 g/mol. The van der Waals surface area contributed by atoms with Crippen molar-refractivity contribution in [2.75, 3.05) is 13.1 Å². The number of nitrogens with zero attached hydrogens (tertiary/aromatic N) is 4. The number of carbonyl (C=O) groups excluding carboxylic acids is 1. The number of amides is 1. The summed E-state index contributed by atoms with van der Waals surface area (Å²) in [4.78, 5) is 15.0. The van der Waals surface area contributed by atoms with Crippen molar-refractivity contribution in [3.63, 3.8) is 0 Å². The third-order valence-electron chi connectivity index (χ3n) is 6.07. The third-order valence-corrected chi connectivity index (χ3v) is 7.12. The Morgan fingerprint density at radius 3 is 2.61 bits per heavy atom. The van der Waals surface area contributed by atoms with Crippen LogP contribution in [0.1, 0.15) is 64.8 Å².